The highest BCUT2D eigenvalue weighted by Gasteiger charge is 2.32. The van der Waals surface area contributed by atoms with Gasteiger partial charge in [0, 0.05) is 57.8 Å². The van der Waals surface area contributed by atoms with Gasteiger partial charge in [-0.25, -0.2) is 9.67 Å². The first-order chi connectivity index (χ1) is 19.1. The molecule has 1 amide bonds. The number of fused-ring (bicyclic) bond motifs is 2. The first-order valence-corrected chi connectivity index (χ1v) is 13.9. The number of amidine groups is 1. The molecule has 0 spiro atoms. The number of carbonyl (C=O) groups is 1. The molecule has 3 aliphatic rings. The summed E-state index contributed by atoms with van der Waals surface area (Å²) in [6.45, 7) is 6.94. The third-order valence-corrected chi connectivity index (χ3v) is 7.83. The number of rotatable bonds is 4. The van der Waals surface area contributed by atoms with Crippen LogP contribution in [0.1, 0.15) is 31.7 Å². The van der Waals surface area contributed by atoms with Gasteiger partial charge in [-0.2, -0.15) is 5.10 Å². The summed E-state index contributed by atoms with van der Waals surface area (Å²) in [4.78, 5) is 37.2. The maximum Gasteiger partial charge on any atom is 0.268 e. The number of piperazine rings is 1. The van der Waals surface area contributed by atoms with Gasteiger partial charge in [0.25, 0.3) is 5.56 Å². The number of benzene rings is 2. The maximum atomic E-state index is 13.4. The van der Waals surface area contributed by atoms with E-state index in [4.69, 9.17) is 9.73 Å². The molecule has 0 saturated carbocycles. The molecule has 1 aromatic heterocycles. The molecule has 9 nitrogen and oxygen atoms in total. The van der Waals surface area contributed by atoms with E-state index in [-0.39, 0.29) is 17.4 Å². The van der Waals surface area contributed by atoms with E-state index < -0.39 is 0 Å². The molecule has 0 unspecified atom stereocenters. The lowest BCUT2D eigenvalue weighted by molar-refractivity contribution is -0.137. The molecule has 2 aromatic carbocycles. The molecule has 9 heteroatoms. The summed E-state index contributed by atoms with van der Waals surface area (Å²) in [7, 11) is 0. The Morgan fingerprint density at radius 2 is 1.64 bits per heavy atom. The van der Waals surface area contributed by atoms with Gasteiger partial charge in [0.15, 0.2) is 5.75 Å². The molecule has 6 rings (SSSR count). The first-order valence-electron chi connectivity index (χ1n) is 13.9. The fraction of sp³-hybridized carbons (Fsp3) is 0.400. The summed E-state index contributed by atoms with van der Waals surface area (Å²) in [5.41, 5.74) is 2.56. The Balaban J connectivity index is 1.08. The van der Waals surface area contributed by atoms with Crippen LogP contribution in [0.5, 0.6) is 11.5 Å². The van der Waals surface area contributed by atoms with Gasteiger partial charge in [0.2, 0.25) is 5.91 Å². The topological polar surface area (TPSA) is 83.3 Å². The molecule has 202 valence electrons. The SMILES string of the molecule is CCCn1ncc(N2CCC(C(=O)N3CCN(C4=Nc5ccccc5Oc5ccccc54)CC3)CC2)cc1=O. The Morgan fingerprint density at radius 3 is 2.38 bits per heavy atom. The van der Waals surface area contributed by atoms with E-state index >= 15 is 0 Å². The number of amides is 1. The van der Waals surface area contributed by atoms with Crippen LogP contribution in [0.4, 0.5) is 11.4 Å². The number of anilines is 1. The molecular formula is C30H34N6O3. The van der Waals surface area contributed by atoms with Crippen LogP contribution in [-0.2, 0) is 11.3 Å². The van der Waals surface area contributed by atoms with Crippen LogP contribution in [-0.4, -0.2) is 70.6 Å². The van der Waals surface area contributed by atoms with Crippen molar-refractivity contribution in [3.63, 3.8) is 0 Å². The number of nitrogens with zero attached hydrogens (tertiary/aromatic N) is 6. The van der Waals surface area contributed by atoms with Gasteiger partial charge in [-0.3, -0.25) is 9.59 Å². The van der Waals surface area contributed by atoms with Crippen molar-refractivity contribution in [3.05, 3.63) is 76.7 Å². The highest BCUT2D eigenvalue weighted by atomic mass is 16.5. The van der Waals surface area contributed by atoms with E-state index in [0.29, 0.717) is 19.6 Å². The zero-order valence-corrected chi connectivity index (χ0v) is 22.3. The van der Waals surface area contributed by atoms with E-state index in [2.05, 4.69) is 14.9 Å². The Labute approximate surface area is 228 Å². The standard InChI is InChI=1S/C30H34N6O3/c1-2-13-36-28(37)20-23(21-31-36)33-14-11-22(12-15-33)30(38)35-18-16-34(17-19-35)29-24-7-3-5-9-26(24)39-27-10-6-4-8-25(27)32-29/h3-10,20-22H,2,11-19H2,1H3. The zero-order chi connectivity index (χ0) is 26.8. The fourth-order valence-electron chi connectivity index (χ4n) is 5.67. The first kappa shape index (κ1) is 25.2. The van der Waals surface area contributed by atoms with Crippen molar-refractivity contribution in [2.75, 3.05) is 44.2 Å². The lowest BCUT2D eigenvalue weighted by Crippen LogP contribution is -2.53. The fourth-order valence-corrected chi connectivity index (χ4v) is 5.67. The average molecular weight is 527 g/mol. The molecule has 2 fully saturated rings. The smallest absolute Gasteiger partial charge is 0.268 e. The molecule has 3 aliphatic heterocycles. The van der Waals surface area contributed by atoms with Gasteiger partial charge >= 0.3 is 0 Å². The number of carbonyl (C=O) groups excluding carboxylic acids is 1. The average Bonchev–Trinajstić information content (AvgIpc) is 3.15. The summed E-state index contributed by atoms with van der Waals surface area (Å²) < 4.78 is 7.70. The number of piperidine rings is 1. The van der Waals surface area contributed by atoms with Crippen LogP contribution in [0.25, 0.3) is 0 Å². The van der Waals surface area contributed by atoms with E-state index in [9.17, 15) is 9.59 Å². The summed E-state index contributed by atoms with van der Waals surface area (Å²) in [6, 6.07) is 17.5. The van der Waals surface area contributed by atoms with Gasteiger partial charge in [-0.05, 0) is 43.5 Å². The predicted octanol–water partition coefficient (Wildman–Crippen LogP) is 3.90. The van der Waals surface area contributed by atoms with Crippen LogP contribution in [0.3, 0.4) is 0 Å². The predicted molar refractivity (Wildman–Crippen MR) is 151 cm³/mol. The Hall–Kier alpha value is -4.14. The number of ether oxygens (including phenoxy) is 1. The zero-order valence-electron chi connectivity index (χ0n) is 22.3. The molecule has 3 aromatic rings. The van der Waals surface area contributed by atoms with Crippen molar-refractivity contribution >= 4 is 23.1 Å². The molecule has 4 heterocycles. The van der Waals surface area contributed by atoms with E-state index in [1.807, 2.05) is 60.4 Å². The lowest BCUT2D eigenvalue weighted by atomic mass is 9.94. The van der Waals surface area contributed by atoms with Crippen LogP contribution < -0.4 is 15.2 Å². The number of para-hydroxylation sites is 3. The number of aliphatic imine (C=N–C) groups is 1. The number of hydrogen-bond donors (Lipinski definition) is 0. The summed E-state index contributed by atoms with van der Waals surface area (Å²) in [5, 5.41) is 4.31. The summed E-state index contributed by atoms with van der Waals surface area (Å²) in [5.74, 6) is 2.69. The number of aryl methyl sites for hydroxylation is 1. The number of hydrogen-bond acceptors (Lipinski definition) is 7. The quantitative estimate of drug-likeness (QED) is 0.513. The maximum absolute atomic E-state index is 13.4. The molecule has 39 heavy (non-hydrogen) atoms. The minimum Gasteiger partial charge on any atom is -0.454 e. The second-order valence-electron chi connectivity index (χ2n) is 10.4. The highest BCUT2D eigenvalue weighted by molar-refractivity contribution is 6.03. The van der Waals surface area contributed by atoms with Crippen LogP contribution >= 0.6 is 0 Å². The third-order valence-electron chi connectivity index (χ3n) is 7.83. The molecule has 0 N–H and O–H groups in total. The Kier molecular flexibility index (Phi) is 7.04. The van der Waals surface area contributed by atoms with Crippen molar-refractivity contribution in [1.29, 1.82) is 0 Å². The molecule has 0 bridgehead atoms. The van der Waals surface area contributed by atoms with Crippen molar-refractivity contribution in [2.24, 2.45) is 10.9 Å². The van der Waals surface area contributed by atoms with Gasteiger partial charge in [-0.15, -0.1) is 0 Å². The van der Waals surface area contributed by atoms with E-state index in [0.717, 1.165) is 79.7 Å². The summed E-state index contributed by atoms with van der Waals surface area (Å²) >= 11 is 0. The van der Waals surface area contributed by atoms with Crippen molar-refractivity contribution in [2.45, 2.75) is 32.7 Å². The second-order valence-corrected chi connectivity index (χ2v) is 10.4. The van der Waals surface area contributed by atoms with Crippen molar-refractivity contribution in [3.8, 4) is 11.5 Å². The minimum absolute atomic E-state index is 0.0115. The second kappa shape index (κ2) is 10.9. The largest absolute Gasteiger partial charge is 0.454 e. The van der Waals surface area contributed by atoms with Gasteiger partial charge in [-0.1, -0.05) is 31.2 Å². The van der Waals surface area contributed by atoms with Gasteiger partial charge in [0.1, 0.15) is 17.3 Å². The van der Waals surface area contributed by atoms with Crippen molar-refractivity contribution < 1.29 is 9.53 Å². The van der Waals surface area contributed by atoms with Crippen LogP contribution in [0.15, 0.2) is 70.6 Å². The molecule has 2 saturated heterocycles. The molecular weight excluding hydrogens is 492 g/mol. The highest BCUT2D eigenvalue weighted by Crippen LogP contribution is 2.38. The third kappa shape index (κ3) is 5.13. The molecule has 0 atom stereocenters. The molecule has 0 radical (unpaired) electrons. The normalized spacial score (nSPS) is 17.6. The summed E-state index contributed by atoms with van der Waals surface area (Å²) in [6.07, 6.45) is 4.21. The van der Waals surface area contributed by atoms with Crippen LogP contribution in [0, 0.1) is 5.92 Å². The minimum atomic E-state index is -0.0682. The van der Waals surface area contributed by atoms with Crippen molar-refractivity contribution in [1.82, 2.24) is 19.6 Å². The molecule has 0 aliphatic carbocycles. The Bertz CT molecular complexity index is 1430. The van der Waals surface area contributed by atoms with Crippen LogP contribution in [0.2, 0.25) is 0 Å². The van der Waals surface area contributed by atoms with Gasteiger partial charge in [0.05, 0.1) is 17.4 Å². The van der Waals surface area contributed by atoms with E-state index in [1.54, 1.807) is 12.3 Å². The monoisotopic (exact) mass is 526 g/mol. The number of aromatic nitrogens is 2. The van der Waals surface area contributed by atoms with E-state index in [1.165, 1.54) is 4.68 Å². The Morgan fingerprint density at radius 1 is 0.923 bits per heavy atom. The van der Waals surface area contributed by atoms with Gasteiger partial charge < -0.3 is 19.4 Å². The lowest BCUT2D eigenvalue weighted by Gasteiger charge is -2.40.